The fourth-order valence-corrected chi connectivity index (χ4v) is 3.26. The van der Waals surface area contributed by atoms with E-state index < -0.39 is 12.1 Å². The third-order valence-corrected chi connectivity index (χ3v) is 5.04. The zero-order valence-corrected chi connectivity index (χ0v) is 19.0. The van der Waals surface area contributed by atoms with Gasteiger partial charge >= 0.3 is 5.97 Å². The van der Waals surface area contributed by atoms with Crippen LogP contribution in [0.5, 0.6) is 5.75 Å². The Kier molecular flexibility index (Phi) is 8.80. The lowest BCUT2D eigenvalue weighted by atomic mass is 10.0. The van der Waals surface area contributed by atoms with Gasteiger partial charge in [0.1, 0.15) is 11.3 Å². The number of carboxylic acid groups (broad SMARTS) is 1. The van der Waals surface area contributed by atoms with Crippen molar-refractivity contribution in [1.82, 2.24) is 10.3 Å². The van der Waals surface area contributed by atoms with Gasteiger partial charge in [0, 0.05) is 43.3 Å². The Labute approximate surface area is 194 Å². The SMILES string of the molecule is CC(C)COc1cc(-c2ccc(NCCNC[C@H](O)c3cccnc3)cc2)ccc1C(=O)O. The third-order valence-electron chi connectivity index (χ3n) is 5.04. The Bertz CT molecular complexity index is 1020. The highest BCUT2D eigenvalue weighted by Crippen LogP contribution is 2.29. The molecule has 0 radical (unpaired) electrons. The van der Waals surface area contributed by atoms with E-state index in [0.717, 1.165) is 22.4 Å². The number of aliphatic hydroxyl groups excluding tert-OH is 1. The van der Waals surface area contributed by atoms with Gasteiger partial charge in [-0.1, -0.05) is 38.1 Å². The fraction of sp³-hybridized carbons (Fsp3) is 0.308. The van der Waals surface area contributed by atoms with Crippen molar-refractivity contribution < 1.29 is 19.7 Å². The van der Waals surface area contributed by atoms with Crippen LogP contribution in [0.15, 0.2) is 67.0 Å². The lowest BCUT2D eigenvalue weighted by Gasteiger charge is -2.14. The molecule has 1 heterocycles. The second-order valence-electron chi connectivity index (χ2n) is 8.23. The largest absolute Gasteiger partial charge is 0.492 e. The average molecular weight is 450 g/mol. The number of carbonyl (C=O) groups is 1. The molecule has 0 aliphatic carbocycles. The summed E-state index contributed by atoms with van der Waals surface area (Å²) in [6, 6.07) is 16.8. The molecule has 7 heteroatoms. The number of nitrogens with one attached hydrogen (secondary N) is 2. The summed E-state index contributed by atoms with van der Waals surface area (Å²) in [4.78, 5) is 15.5. The summed E-state index contributed by atoms with van der Waals surface area (Å²) in [6.45, 7) is 6.37. The number of rotatable bonds is 12. The molecule has 0 bridgehead atoms. The predicted molar refractivity (Wildman–Crippen MR) is 130 cm³/mol. The molecule has 33 heavy (non-hydrogen) atoms. The molecule has 0 amide bonds. The maximum Gasteiger partial charge on any atom is 0.339 e. The van der Waals surface area contributed by atoms with Gasteiger partial charge in [0.05, 0.1) is 12.7 Å². The van der Waals surface area contributed by atoms with Gasteiger partial charge in [0.25, 0.3) is 0 Å². The first kappa shape index (κ1) is 24.2. The molecule has 1 atom stereocenters. The molecular weight excluding hydrogens is 418 g/mol. The number of anilines is 1. The van der Waals surface area contributed by atoms with E-state index in [9.17, 15) is 15.0 Å². The number of ether oxygens (including phenoxy) is 1. The van der Waals surface area contributed by atoms with Crippen LogP contribution in [0.1, 0.15) is 35.9 Å². The molecule has 0 saturated heterocycles. The molecular formula is C26H31N3O4. The molecule has 3 aromatic rings. The van der Waals surface area contributed by atoms with E-state index in [4.69, 9.17) is 4.74 Å². The standard InChI is InChI=1S/C26H31N3O4/c1-18(2)17-33-25-14-20(7-10-23(25)26(31)32)19-5-8-22(9-6-19)29-13-12-28-16-24(30)21-4-3-11-27-15-21/h3-11,14-15,18,24,28-30H,12-13,16-17H2,1-2H3,(H,31,32)/t24-/m0/s1. The van der Waals surface area contributed by atoms with E-state index >= 15 is 0 Å². The topological polar surface area (TPSA) is 104 Å². The van der Waals surface area contributed by atoms with Gasteiger partial charge in [0.15, 0.2) is 0 Å². The van der Waals surface area contributed by atoms with Crippen molar-refractivity contribution in [3.63, 3.8) is 0 Å². The van der Waals surface area contributed by atoms with Crippen LogP contribution < -0.4 is 15.4 Å². The molecule has 3 rings (SSSR count). The molecule has 2 aromatic carbocycles. The van der Waals surface area contributed by atoms with Gasteiger partial charge in [-0.3, -0.25) is 4.98 Å². The summed E-state index contributed by atoms with van der Waals surface area (Å²) in [7, 11) is 0. The van der Waals surface area contributed by atoms with Crippen LogP contribution in [0.3, 0.4) is 0 Å². The minimum absolute atomic E-state index is 0.166. The van der Waals surface area contributed by atoms with Crippen molar-refractivity contribution in [3.05, 3.63) is 78.1 Å². The van der Waals surface area contributed by atoms with Gasteiger partial charge in [-0.2, -0.15) is 0 Å². The molecule has 0 spiro atoms. The highest BCUT2D eigenvalue weighted by atomic mass is 16.5. The van der Waals surface area contributed by atoms with Gasteiger partial charge in [-0.15, -0.1) is 0 Å². The smallest absolute Gasteiger partial charge is 0.339 e. The Balaban J connectivity index is 1.52. The monoisotopic (exact) mass is 449 g/mol. The Morgan fingerprint density at radius 1 is 1.06 bits per heavy atom. The van der Waals surface area contributed by atoms with Gasteiger partial charge < -0.3 is 25.6 Å². The Morgan fingerprint density at radius 2 is 1.82 bits per heavy atom. The molecule has 0 aliphatic heterocycles. The molecule has 174 valence electrons. The van der Waals surface area contributed by atoms with Crippen LogP contribution in [0, 0.1) is 5.92 Å². The Hall–Kier alpha value is -3.42. The van der Waals surface area contributed by atoms with Gasteiger partial charge in [0.2, 0.25) is 0 Å². The van der Waals surface area contributed by atoms with E-state index in [-0.39, 0.29) is 5.56 Å². The summed E-state index contributed by atoms with van der Waals surface area (Å²) in [6.07, 6.45) is 2.77. The number of hydrogen-bond donors (Lipinski definition) is 4. The van der Waals surface area contributed by atoms with Crippen LogP contribution in [0.2, 0.25) is 0 Å². The minimum atomic E-state index is -0.999. The number of carboxylic acids is 1. The number of pyridine rings is 1. The van der Waals surface area contributed by atoms with Crippen LogP contribution in [0.25, 0.3) is 11.1 Å². The summed E-state index contributed by atoms with van der Waals surface area (Å²) in [5.41, 5.74) is 3.81. The van der Waals surface area contributed by atoms with Crippen molar-refractivity contribution in [2.24, 2.45) is 5.92 Å². The molecule has 0 aliphatic rings. The minimum Gasteiger partial charge on any atom is -0.492 e. The normalized spacial score (nSPS) is 11.9. The molecule has 0 fully saturated rings. The average Bonchev–Trinajstić information content (AvgIpc) is 2.83. The maximum absolute atomic E-state index is 11.5. The molecule has 4 N–H and O–H groups in total. The fourth-order valence-electron chi connectivity index (χ4n) is 3.26. The van der Waals surface area contributed by atoms with Crippen molar-refractivity contribution >= 4 is 11.7 Å². The van der Waals surface area contributed by atoms with E-state index in [1.54, 1.807) is 30.6 Å². The maximum atomic E-state index is 11.5. The van der Waals surface area contributed by atoms with Crippen molar-refractivity contribution in [3.8, 4) is 16.9 Å². The highest BCUT2D eigenvalue weighted by molar-refractivity contribution is 5.92. The summed E-state index contributed by atoms with van der Waals surface area (Å²) < 4.78 is 5.75. The number of aromatic carboxylic acids is 1. The first-order chi connectivity index (χ1) is 15.9. The first-order valence-electron chi connectivity index (χ1n) is 11.1. The summed E-state index contributed by atoms with van der Waals surface area (Å²) >= 11 is 0. The lowest BCUT2D eigenvalue weighted by molar-refractivity contribution is 0.0691. The number of nitrogens with zero attached hydrogens (tertiary/aromatic N) is 1. The van der Waals surface area contributed by atoms with Crippen molar-refractivity contribution in [1.29, 1.82) is 0 Å². The van der Waals surface area contributed by atoms with E-state index in [1.165, 1.54) is 0 Å². The number of aliphatic hydroxyl groups is 1. The van der Waals surface area contributed by atoms with E-state index in [1.807, 2.05) is 50.2 Å². The molecule has 0 unspecified atom stereocenters. The van der Waals surface area contributed by atoms with Crippen LogP contribution in [-0.2, 0) is 0 Å². The Morgan fingerprint density at radius 3 is 2.48 bits per heavy atom. The molecule has 1 aromatic heterocycles. The summed E-state index contributed by atoms with van der Waals surface area (Å²) in [5, 5.41) is 26.1. The number of hydrogen-bond acceptors (Lipinski definition) is 6. The number of aromatic nitrogens is 1. The molecule has 0 saturated carbocycles. The molecule has 7 nitrogen and oxygen atoms in total. The van der Waals surface area contributed by atoms with Crippen molar-refractivity contribution in [2.75, 3.05) is 31.6 Å². The zero-order valence-electron chi connectivity index (χ0n) is 19.0. The lowest BCUT2D eigenvalue weighted by Crippen LogP contribution is -2.26. The van der Waals surface area contributed by atoms with Gasteiger partial charge in [-0.05, 0) is 47.4 Å². The van der Waals surface area contributed by atoms with Crippen molar-refractivity contribution in [2.45, 2.75) is 20.0 Å². The second kappa shape index (κ2) is 12.0. The summed E-state index contributed by atoms with van der Waals surface area (Å²) in [5.74, 6) is -0.314. The zero-order chi connectivity index (χ0) is 23.6. The van der Waals surface area contributed by atoms with Crippen LogP contribution >= 0.6 is 0 Å². The third kappa shape index (κ3) is 7.30. The second-order valence-corrected chi connectivity index (χ2v) is 8.23. The first-order valence-corrected chi connectivity index (χ1v) is 11.1. The predicted octanol–water partition coefficient (Wildman–Crippen LogP) is 4.22. The number of benzene rings is 2. The van der Waals surface area contributed by atoms with Crippen LogP contribution in [-0.4, -0.2) is 47.4 Å². The quantitative estimate of drug-likeness (QED) is 0.307. The highest BCUT2D eigenvalue weighted by Gasteiger charge is 2.13. The van der Waals surface area contributed by atoms with Gasteiger partial charge in [-0.25, -0.2) is 4.79 Å². The van der Waals surface area contributed by atoms with Crippen LogP contribution in [0.4, 0.5) is 5.69 Å². The van der Waals surface area contributed by atoms with E-state index in [0.29, 0.717) is 37.9 Å². The van der Waals surface area contributed by atoms with E-state index in [2.05, 4.69) is 15.6 Å².